The van der Waals surface area contributed by atoms with Crippen molar-refractivity contribution in [2.75, 3.05) is 36.4 Å². The zero-order chi connectivity index (χ0) is 28.5. The Morgan fingerprint density at radius 1 is 0.829 bits per heavy atom. The summed E-state index contributed by atoms with van der Waals surface area (Å²) in [6, 6.07) is 20.5. The highest BCUT2D eigenvalue weighted by Gasteiger charge is 2.45. The monoisotopic (exact) mass is 571 g/mol. The minimum Gasteiger partial charge on any atom is -0.380 e. The molecule has 2 fully saturated rings. The lowest BCUT2D eigenvalue weighted by molar-refractivity contribution is -0.136. The molecule has 0 radical (unpaired) electrons. The van der Waals surface area contributed by atoms with Crippen LogP contribution in [0, 0.1) is 0 Å². The van der Waals surface area contributed by atoms with Crippen molar-refractivity contribution in [3.8, 4) is 0 Å². The van der Waals surface area contributed by atoms with E-state index in [1.807, 2.05) is 12.1 Å². The van der Waals surface area contributed by atoms with Gasteiger partial charge in [-0.25, -0.2) is 0 Å². The first kappa shape index (κ1) is 27.0. The van der Waals surface area contributed by atoms with Crippen LogP contribution in [-0.4, -0.2) is 65.6 Å². The van der Waals surface area contributed by atoms with Crippen molar-refractivity contribution >= 4 is 46.6 Å². The molecule has 3 aromatic rings. The molecular weight excluding hydrogens is 542 g/mol. The number of imide groups is 2. The van der Waals surface area contributed by atoms with Crippen molar-refractivity contribution in [1.82, 2.24) is 15.1 Å². The number of nitrogens with zero attached hydrogens (tertiary/aromatic N) is 3. The van der Waals surface area contributed by atoms with Gasteiger partial charge in [-0.3, -0.25) is 34.3 Å². The van der Waals surface area contributed by atoms with Gasteiger partial charge >= 0.3 is 0 Å². The van der Waals surface area contributed by atoms with Crippen molar-refractivity contribution in [2.24, 2.45) is 0 Å². The molecule has 1 unspecified atom stereocenters. The summed E-state index contributed by atoms with van der Waals surface area (Å²) in [5.41, 5.74) is 4.53. The molecule has 0 spiro atoms. The van der Waals surface area contributed by atoms with Crippen LogP contribution in [-0.2, 0) is 22.7 Å². The Morgan fingerprint density at radius 3 is 2.24 bits per heavy atom. The first-order valence-corrected chi connectivity index (χ1v) is 14.1. The molecule has 41 heavy (non-hydrogen) atoms. The lowest BCUT2D eigenvalue weighted by Crippen LogP contribution is -2.54. The van der Waals surface area contributed by atoms with E-state index in [-0.39, 0.29) is 24.0 Å². The lowest BCUT2D eigenvalue weighted by atomic mass is 10.0. The number of rotatable bonds is 7. The van der Waals surface area contributed by atoms with Crippen LogP contribution in [0.2, 0.25) is 5.02 Å². The maximum Gasteiger partial charge on any atom is 0.264 e. The number of halogens is 1. The smallest absolute Gasteiger partial charge is 0.264 e. The number of hydrogen-bond donors (Lipinski definition) is 2. The standard InChI is InChI=1S/C31H30ClN5O4/c32-22-8-10-23(11-9-22)36-16-14-35(15-17-36)19-21-6-4-20(5-7-21)18-33-25-3-1-2-24-28(25)31(41)37(30(24)40)26-12-13-27(38)34-29(26)39/h1-11,26,33H,12-19H2,(H,34,38,39). The third kappa shape index (κ3) is 5.55. The molecule has 10 heteroatoms. The van der Waals surface area contributed by atoms with Gasteiger partial charge in [0.2, 0.25) is 11.8 Å². The largest absolute Gasteiger partial charge is 0.380 e. The molecule has 1 atom stereocenters. The zero-order valence-electron chi connectivity index (χ0n) is 22.4. The zero-order valence-corrected chi connectivity index (χ0v) is 23.2. The lowest BCUT2D eigenvalue weighted by Gasteiger charge is -2.36. The van der Waals surface area contributed by atoms with Crippen molar-refractivity contribution in [3.63, 3.8) is 0 Å². The Kier molecular flexibility index (Phi) is 7.47. The van der Waals surface area contributed by atoms with E-state index < -0.39 is 29.7 Å². The Balaban J connectivity index is 1.05. The minimum absolute atomic E-state index is 0.0878. The molecule has 9 nitrogen and oxygen atoms in total. The van der Waals surface area contributed by atoms with Crippen LogP contribution in [0.3, 0.4) is 0 Å². The second-order valence-electron chi connectivity index (χ2n) is 10.6. The molecule has 3 aromatic carbocycles. The van der Waals surface area contributed by atoms with E-state index in [0.29, 0.717) is 12.2 Å². The fraction of sp³-hybridized carbons (Fsp3) is 0.290. The summed E-state index contributed by atoms with van der Waals surface area (Å²) in [5, 5.41) is 6.28. The topological polar surface area (TPSA) is 102 Å². The number of hydrogen-bond acceptors (Lipinski definition) is 7. The summed E-state index contributed by atoms with van der Waals surface area (Å²) in [7, 11) is 0. The third-order valence-corrected chi connectivity index (χ3v) is 8.20. The van der Waals surface area contributed by atoms with E-state index in [1.54, 1.807) is 18.2 Å². The van der Waals surface area contributed by atoms with E-state index in [2.05, 4.69) is 56.8 Å². The van der Waals surface area contributed by atoms with Crippen LogP contribution in [0.1, 0.15) is 44.7 Å². The van der Waals surface area contributed by atoms with Crippen LogP contribution in [0.5, 0.6) is 0 Å². The average Bonchev–Trinajstić information content (AvgIpc) is 3.23. The molecule has 0 bridgehead atoms. The Labute approximate surface area is 243 Å². The highest BCUT2D eigenvalue weighted by atomic mass is 35.5. The Hall–Kier alpha value is -4.21. The number of amides is 4. The number of piperidine rings is 1. The van der Waals surface area contributed by atoms with Gasteiger partial charge in [-0.05, 0) is 53.9 Å². The van der Waals surface area contributed by atoms with Gasteiger partial charge in [0.25, 0.3) is 11.8 Å². The van der Waals surface area contributed by atoms with Crippen molar-refractivity contribution in [1.29, 1.82) is 0 Å². The fourth-order valence-electron chi connectivity index (χ4n) is 5.70. The highest BCUT2D eigenvalue weighted by Crippen LogP contribution is 2.32. The maximum atomic E-state index is 13.3. The molecule has 4 amide bonds. The minimum atomic E-state index is -0.985. The van der Waals surface area contributed by atoms with Crippen molar-refractivity contribution in [3.05, 3.63) is 94.0 Å². The molecule has 3 aliphatic heterocycles. The number of piperazine rings is 1. The Morgan fingerprint density at radius 2 is 1.54 bits per heavy atom. The number of carbonyl (C=O) groups excluding carboxylic acids is 4. The molecule has 0 saturated carbocycles. The maximum absolute atomic E-state index is 13.3. The highest BCUT2D eigenvalue weighted by molar-refractivity contribution is 6.30. The molecule has 2 N–H and O–H groups in total. The van der Waals surface area contributed by atoms with Crippen LogP contribution in [0.15, 0.2) is 66.7 Å². The van der Waals surface area contributed by atoms with E-state index in [0.717, 1.165) is 48.2 Å². The molecule has 3 aliphatic rings. The van der Waals surface area contributed by atoms with E-state index >= 15 is 0 Å². The average molecular weight is 572 g/mol. The van der Waals surface area contributed by atoms with Crippen molar-refractivity contribution < 1.29 is 19.2 Å². The van der Waals surface area contributed by atoms with Gasteiger partial charge < -0.3 is 10.2 Å². The number of carbonyl (C=O) groups is 4. The van der Waals surface area contributed by atoms with Crippen LogP contribution in [0.25, 0.3) is 0 Å². The molecule has 6 rings (SSSR count). The van der Waals surface area contributed by atoms with Gasteiger partial charge in [0, 0.05) is 62.1 Å². The fourth-order valence-corrected chi connectivity index (χ4v) is 5.82. The first-order chi connectivity index (χ1) is 19.9. The molecule has 210 valence electrons. The number of nitrogens with one attached hydrogen (secondary N) is 2. The van der Waals surface area contributed by atoms with Gasteiger partial charge in [-0.1, -0.05) is 41.9 Å². The summed E-state index contributed by atoms with van der Waals surface area (Å²) in [6.07, 6.45) is 0.216. The molecular formula is C31H30ClN5O4. The summed E-state index contributed by atoms with van der Waals surface area (Å²) >= 11 is 6.02. The van der Waals surface area contributed by atoms with E-state index in [1.165, 1.54) is 11.3 Å². The summed E-state index contributed by atoms with van der Waals surface area (Å²) in [6.45, 7) is 5.24. The molecule has 0 aromatic heterocycles. The predicted octanol–water partition coefficient (Wildman–Crippen LogP) is 3.68. The van der Waals surface area contributed by atoms with Gasteiger partial charge in [0.1, 0.15) is 6.04 Å². The predicted molar refractivity (Wildman–Crippen MR) is 156 cm³/mol. The van der Waals surface area contributed by atoms with Gasteiger partial charge in [-0.15, -0.1) is 0 Å². The van der Waals surface area contributed by atoms with Crippen molar-refractivity contribution in [2.45, 2.75) is 32.0 Å². The van der Waals surface area contributed by atoms with Crippen LogP contribution >= 0.6 is 11.6 Å². The number of benzene rings is 3. The van der Waals surface area contributed by atoms with Crippen LogP contribution < -0.4 is 15.5 Å². The summed E-state index contributed by atoms with van der Waals surface area (Å²) < 4.78 is 0. The third-order valence-electron chi connectivity index (χ3n) is 7.94. The normalized spacial score (nSPS) is 19.4. The first-order valence-electron chi connectivity index (χ1n) is 13.8. The molecule has 3 heterocycles. The van der Waals surface area contributed by atoms with Gasteiger partial charge in [0.15, 0.2) is 0 Å². The van der Waals surface area contributed by atoms with E-state index in [4.69, 9.17) is 11.6 Å². The second-order valence-corrected chi connectivity index (χ2v) is 11.0. The van der Waals surface area contributed by atoms with E-state index in [9.17, 15) is 19.2 Å². The Bertz CT molecular complexity index is 1500. The SMILES string of the molecule is O=C1CCC(N2C(=O)c3cccc(NCc4ccc(CN5CCN(c6ccc(Cl)cc6)CC5)cc4)c3C2=O)C(=O)N1. The quantitative estimate of drug-likeness (QED) is 0.417. The second kappa shape index (κ2) is 11.3. The number of anilines is 2. The molecule has 2 saturated heterocycles. The summed E-state index contributed by atoms with van der Waals surface area (Å²) in [4.78, 5) is 56.1. The van der Waals surface area contributed by atoms with Crippen LogP contribution in [0.4, 0.5) is 11.4 Å². The van der Waals surface area contributed by atoms with Gasteiger partial charge in [0.05, 0.1) is 11.1 Å². The number of fused-ring (bicyclic) bond motifs is 1. The molecule has 0 aliphatic carbocycles. The summed E-state index contributed by atoms with van der Waals surface area (Å²) in [5.74, 6) is -2.04. The van der Waals surface area contributed by atoms with Gasteiger partial charge in [-0.2, -0.15) is 0 Å².